The smallest absolute Gasteiger partial charge is 0.272 e. The number of amides is 1. The molecule has 1 atom stereocenters. The first-order chi connectivity index (χ1) is 12.4. The molecule has 0 aromatic carbocycles. The average Bonchev–Trinajstić information content (AvgIpc) is 2.99. The molecule has 7 nitrogen and oxygen atoms in total. The van der Waals surface area contributed by atoms with E-state index in [-0.39, 0.29) is 23.5 Å². The first kappa shape index (κ1) is 18.3. The number of aromatic nitrogens is 2. The number of carbonyl (C=O) groups is 1. The number of sulfone groups is 1. The summed E-state index contributed by atoms with van der Waals surface area (Å²) in [6.45, 7) is 0.588. The van der Waals surface area contributed by atoms with E-state index in [2.05, 4.69) is 15.3 Å². The van der Waals surface area contributed by atoms with Crippen LogP contribution in [0.1, 0.15) is 22.5 Å². The number of likely N-dealkylation sites (N-methyl/N-ethyl adjacent to an activating group) is 1. The Morgan fingerprint density at radius 2 is 2.04 bits per heavy atom. The molecule has 1 unspecified atom stereocenters. The lowest BCUT2D eigenvalue weighted by atomic mass is 10.2. The monoisotopic (exact) mass is 374 g/mol. The molecular formula is C18H22N4O3S. The number of nitrogens with zero attached hydrogens (tertiary/aromatic N) is 3. The fourth-order valence-electron chi connectivity index (χ4n) is 2.89. The highest BCUT2D eigenvalue weighted by molar-refractivity contribution is 7.91. The van der Waals surface area contributed by atoms with Gasteiger partial charge in [-0.05, 0) is 42.7 Å². The third-order valence-corrected chi connectivity index (χ3v) is 6.19. The van der Waals surface area contributed by atoms with Crippen LogP contribution in [0.2, 0.25) is 0 Å². The second-order valence-electron chi connectivity index (χ2n) is 6.51. The molecule has 0 radical (unpaired) electrons. The van der Waals surface area contributed by atoms with Gasteiger partial charge in [-0.15, -0.1) is 0 Å². The van der Waals surface area contributed by atoms with E-state index in [9.17, 15) is 13.2 Å². The summed E-state index contributed by atoms with van der Waals surface area (Å²) < 4.78 is 23.0. The lowest BCUT2D eigenvalue weighted by Crippen LogP contribution is -2.29. The maximum atomic E-state index is 12.5. The fourth-order valence-corrected chi connectivity index (χ4v) is 4.57. The molecule has 0 bridgehead atoms. The predicted octanol–water partition coefficient (Wildman–Crippen LogP) is 1.39. The summed E-state index contributed by atoms with van der Waals surface area (Å²) in [5, 5.41) is 3.17. The zero-order chi connectivity index (χ0) is 18.6. The highest BCUT2D eigenvalue weighted by Gasteiger charge is 2.27. The molecule has 1 saturated heterocycles. The van der Waals surface area contributed by atoms with Crippen LogP contribution < -0.4 is 5.32 Å². The van der Waals surface area contributed by atoms with Gasteiger partial charge >= 0.3 is 0 Å². The van der Waals surface area contributed by atoms with E-state index < -0.39 is 9.84 Å². The van der Waals surface area contributed by atoms with Gasteiger partial charge in [0.05, 0.1) is 23.4 Å². The van der Waals surface area contributed by atoms with Gasteiger partial charge in [0, 0.05) is 32.0 Å². The van der Waals surface area contributed by atoms with Gasteiger partial charge in [0.2, 0.25) is 0 Å². The number of anilines is 1. The topological polar surface area (TPSA) is 92.3 Å². The minimum atomic E-state index is -2.93. The van der Waals surface area contributed by atoms with Gasteiger partial charge in [0.1, 0.15) is 5.69 Å². The van der Waals surface area contributed by atoms with E-state index in [0.717, 1.165) is 17.7 Å². The van der Waals surface area contributed by atoms with Gasteiger partial charge < -0.3 is 10.2 Å². The van der Waals surface area contributed by atoms with Gasteiger partial charge in [0.25, 0.3) is 5.91 Å². The third-order valence-electron chi connectivity index (χ3n) is 4.42. The Kier molecular flexibility index (Phi) is 5.51. The number of nitrogens with one attached hydrogen (secondary N) is 1. The molecule has 2 aromatic rings. The van der Waals surface area contributed by atoms with Gasteiger partial charge in [-0.2, -0.15) is 0 Å². The van der Waals surface area contributed by atoms with Crippen LogP contribution in [0.15, 0.2) is 42.9 Å². The molecule has 0 saturated carbocycles. The van der Waals surface area contributed by atoms with E-state index in [4.69, 9.17) is 0 Å². The molecule has 0 spiro atoms. The van der Waals surface area contributed by atoms with Crippen molar-refractivity contribution in [2.45, 2.75) is 18.9 Å². The molecular weight excluding hydrogens is 352 g/mol. The maximum absolute atomic E-state index is 12.5. The molecule has 8 heteroatoms. The summed E-state index contributed by atoms with van der Waals surface area (Å²) >= 11 is 0. The Hall–Kier alpha value is -2.48. The second-order valence-corrected chi connectivity index (χ2v) is 8.74. The van der Waals surface area contributed by atoms with Gasteiger partial charge in [-0.3, -0.25) is 9.78 Å². The van der Waals surface area contributed by atoms with Crippen molar-refractivity contribution in [2.24, 2.45) is 0 Å². The summed E-state index contributed by atoms with van der Waals surface area (Å²) in [5.41, 5.74) is 2.22. The number of rotatable bonds is 6. The molecule has 3 heterocycles. The normalized spacial score (nSPS) is 18.4. The summed E-state index contributed by atoms with van der Waals surface area (Å²) in [6.07, 6.45) is 6.40. The minimum absolute atomic E-state index is 0.0913. The predicted molar refractivity (Wildman–Crippen MR) is 99.8 cm³/mol. The van der Waals surface area contributed by atoms with Crippen molar-refractivity contribution in [3.63, 3.8) is 0 Å². The SMILES string of the molecule is CN(CCc1ccncc1)C(=O)c1ccc(NC2CCS(=O)(=O)C2)cn1. The average molecular weight is 374 g/mol. The fraction of sp³-hybridized carbons (Fsp3) is 0.389. The zero-order valence-electron chi connectivity index (χ0n) is 14.6. The number of hydrogen-bond donors (Lipinski definition) is 1. The van der Waals surface area contributed by atoms with Crippen molar-refractivity contribution in [1.82, 2.24) is 14.9 Å². The Morgan fingerprint density at radius 1 is 1.27 bits per heavy atom. The highest BCUT2D eigenvalue weighted by atomic mass is 32.2. The molecule has 26 heavy (non-hydrogen) atoms. The van der Waals surface area contributed by atoms with Gasteiger partial charge in [-0.1, -0.05) is 0 Å². The van der Waals surface area contributed by atoms with E-state index in [1.807, 2.05) is 12.1 Å². The van der Waals surface area contributed by atoms with Crippen LogP contribution in [0.25, 0.3) is 0 Å². The van der Waals surface area contributed by atoms with Crippen molar-refractivity contribution >= 4 is 21.4 Å². The first-order valence-electron chi connectivity index (χ1n) is 8.50. The standard InChI is InChI=1S/C18H22N4O3S/c1-22(10-6-14-4-8-19-9-5-14)18(23)17-3-2-15(12-20-17)21-16-7-11-26(24,25)13-16/h2-5,8-9,12,16,21H,6-7,10-11,13H2,1H3. The largest absolute Gasteiger partial charge is 0.380 e. The van der Waals surface area contributed by atoms with Crippen molar-refractivity contribution in [3.05, 3.63) is 54.1 Å². The number of hydrogen-bond acceptors (Lipinski definition) is 6. The molecule has 0 aliphatic carbocycles. The first-order valence-corrected chi connectivity index (χ1v) is 10.3. The van der Waals surface area contributed by atoms with Gasteiger partial charge in [-0.25, -0.2) is 13.4 Å². The van der Waals surface area contributed by atoms with Crippen molar-refractivity contribution in [1.29, 1.82) is 0 Å². The molecule has 1 aliphatic heterocycles. The minimum Gasteiger partial charge on any atom is -0.380 e. The molecule has 2 aromatic heterocycles. The maximum Gasteiger partial charge on any atom is 0.272 e. The quantitative estimate of drug-likeness (QED) is 0.821. The lowest BCUT2D eigenvalue weighted by Gasteiger charge is -2.17. The van der Waals surface area contributed by atoms with Crippen molar-refractivity contribution in [2.75, 3.05) is 30.4 Å². The Balaban J connectivity index is 1.54. The summed E-state index contributed by atoms with van der Waals surface area (Å²) in [7, 11) is -1.17. The summed E-state index contributed by atoms with van der Waals surface area (Å²) in [4.78, 5) is 22.3. The third kappa shape index (κ3) is 4.78. The number of carbonyl (C=O) groups excluding carboxylic acids is 1. The van der Waals surface area contributed by atoms with Crippen LogP contribution in [0.4, 0.5) is 5.69 Å². The Labute approximate surface area is 153 Å². The van der Waals surface area contributed by atoms with Crippen LogP contribution >= 0.6 is 0 Å². The van der Waals surface area contributed by atoms with Crippen molar-refractivity contribution < 1.29 is 13.2 Å². The van der Waals surface area contributed by atoms with Crippen LogP contribution in [0.5, 0.6) is 0 Å². The van der Waals surface area contributed by atoms with Crippen LogP contribution in [0, 0.1) is 0 Å². The summed E-state index contributed by atoms with van der Waals surface area (Å²) in [5.74, 6) is 0.219. The highest BCUT2D eigenvalue weighted by Crippen LogP contribution is 2.17. The molecule has 1 fully saturated rings. The zero-order valence-corrected chi connectivity index (χ0v) is 15.4. The van der Waals surface area contributed by atoms with Crippen LogP contribution in [0.3, 0.4) is 0 Å². The van der Waals surface area contributed by atoms with Crippen LogP contribution in [-0.2, 0) is 16.3 Å². The van der Waals surface area contributed by atoms with Crippen LogP contribution in [-0.4, -0.2) is 60.3 Å². The summed E-state index contributed by atoms with van der Waals surface area (Å²) in [6, 6.07) is 7.20. The Morgan fingerprint density at radius 3 is 2.65 bits per heavy atom. The molecule has 138 valence electrons. The van der Waals surface area contributed by atoms with E-state index in [1.165, 1.54) is 0 Å². The van der Waals surface area contributed by atoms with E-state index in [0.29, 0.717) is 18.7 Å². The Bertz CT molecular complexity index is 854. The van der Waals surface area contributed by atoms with Crippen molar-refractivity contribution in [3.8, 4) is 0 Å². The van der Waals surface area contributed by atoms with E-state index in [1.54, 1.807) is 42.7 Å². The molecule has 1 amide bonds. The van der Waals surface area contributed by atoms with E-state index >= 15 is 0 Å². The molecule has 3 rings (SSSR count). The number of pyridine rings is 2. The lowest BCUT2D eigenvalue weighted by molar-refractivity contribution is 0.0791. The van der Waals surface area contributed by atoms with Gasteiger partial charge in [0.15, 0.2) is 9.84 Å². The second kappa shape index (κ2) is 7.82. The molecule has 1 aliphatic rings. The molecule has 1 N–H and O–H groups in total.